The van der Waals surface area contributed by atoms with Crippen molar-refractivity contribution in [3.63, 3.8) is 0 Å². The first-order valence-electron chi connectivity index (χ1n) is 9.47. The number of esters is 1. The van der Waals surface area contributed by atoms with Gasteiger partial charge < -0.3 is 4.74 Å². The topological polar surface area (TPSA) is 75.7 Å². The number of carbonyl (C=O) groups excluding carboxylic acids is 1. The number of nitrogens with one attached hydrogen (secondary N) is 1. The molecular formula is C20H25ClN2O4S2. The summed E-state index contributed by atoms with van der Waals surface area (Å²) < 4.78 is 33.7. The second kappa shape index (κ2) is 9.14. The lowest BCUT2D eigenvalue weighted by molar-refractivity contribution is 0.0595. The van der Waals surface area contributed by atoms with Crippen LogP contribution in [0.3, 0.4) is 0 Å². The molecule has 1 aromatic carbocycles. The van der Waals surface area contributed by atoms with Crippen molar-refractivity contribution in [3.05, 3.63) is 50.9 Å². The molecule has 2 heterocycles. The summed E-state index contributed by atoms with van der Waals surface area (Å²) in [6.45, 7) is 5.81. The van der Waals surface area contributed by atoms with Crippen LogP contribution in [0, 0.1) is 0 Å². The van der Waals surface area contributed by atoms with E-state index in [1.54, 1.807) is 24.3 Å². The van der Waals surface area contributed by atoms with E-state index in [9.17, 15) is 13.2 Å². The summed E-state index contributed by atoms with van der Waals surface area (Å²) in [5.41, 5.74) is 1.71. The number of carbonyl (C=O) groups is 1. The molecule has 0 aliphatic carbocycles. The molecule has 0 fully saturated rings. The molecule has 158 valence electrons. The number of methoxy groups -OCH3 is 1. The van der Waals surface area contributed by atoms with Gasteiger partial charge in [0.25, 0.3) is 10.0 Å². The largest absolute Gasteiger partial charge is 0.465 e. The molecule has 0 amide bonds. The Morgan fingerprint density at radius 3 is 2.83 bits per heavy atom. The molecule has 0 saturated carbocycles. The van der Waals surface area contributed by atoms with E-state index in [0.29, 0.717) is 24.0 Å². The molecule has 6 nitrogen and oxygen atoms in total. The summed E-state index contributed by atoms with van der Waals surface area (Å²) in [6.07, 6.45) is 1.64. The zero-order valence-electron chi connectivity index (χ0n) is 16.7. The van der Waals surface area contributed by atoms with Gasteiger partial charge in [-0.3, -0.25) is 4.90 Å². The average Bonchev–Trinajstić information content (AvgIpc) is 3.11. The second-order valence-electron chi connectivity index (χ2n) is 7.09. The van der Waals surface area contributed by atoms with Gasteiger partial charge in [-0.05, 0) is 43.0 Å². The Morgan fingerprint density at radius 2 is 2.17 bits per heavy atom. The first-order chi connectivity index (χ1) is 13.8. The third-order valence-electron chi connectivity index (χ3n) is 5.26. The highest BCUT2D eigenvalue weighted by Gasteiger charge is 2.34. The summed E-state index contributed by atoms with van der Waals surface area (Å²) in [6, 6.07) is 7.38. The highest BCUT2D eigenvalue weighted by molar-refractivity contribution is 7.91. The van der Waals surface area contributed by atoms with E-state index in [0.717, 1.165) is 40.3 Å². The first kappa shape index (κ1) is 22.2. The van der Waals surface area contributed by atoms with Crippen LogP contribution in [0.15, 0.2) is 28.5 Å². The minimum absolute atomic E-state index is 0.0300. The number of hydrogen-bond acceptors (Lipinski definition) is 6. The monoisotopic (exact) mass is 456 g/mol. The Hall–Kier alpha value is -1.45. The maximum Gasteiger partial charge on any atom is 0.340 e. The number of benzene rings is 1. The van der Waals surface area contributed by atoms with E-state index in [4.69, 9.17) is 16.3 Å². The third kappa shape index (κ3) is 4.83. The number of thiophene rings is 1. The van der Waals surface area contributed by atoms with Crippen LogP contribution in [0.5, 0.6) is 0 Å². The van der Waals surface area contributed by atoms with Gasteiger partial charge in [0.15, 0.2) is 0 Å². The SMILES string of the molecule is CCC(C)N1CCc2c(sc(S(=O)(=O)NCc3cccc(Cl)c3)c2C(=O)OC)C1. The Morgan fingerprint density at radius 1 is 1.41 bits per heavy atom. The van der Waals surface area contributed by atoms with Crippen molar-refractivity contribution in [3.8, 4) is 0 Å². The van der Waals surface area contributed by atoms with Crippen LogP contribution in [-0.4, -0.2) is 39.0 Å². The summed E-state index contributed by atoms with van der Waals surface area (Å²) in [4.78, 5) is 15.7. The lowest BCUT2D eigenvalue weighted by Gasteiger charge is -2.31. The zero-order valence-corrected chi connectivity index (χ0v) is 19.1. The van der Waals surface area contributed by atoms with Crippen LogP contribution in [0.4, 0.5) is 0 Å². The lowest BCUT2D eigenvalue weighted by Crippen LogP contribution is -2.37. The normalized spacial score (nSPS) is 15.7. The Bertz CT molecular complexity index is 1000. The van der Waals surface area contributed by atoms with Crippen molar-refractivity contribution in [2.24, 2.45) is 0 Å². The molecule has 29 heavy (non-hydrogen) atoms. The highest BCUT2D eigenvalue weighted by atomic mass is 35.5. The van der Waals surface area contributed by atoms with Crippen LogP contribution < -0.4 is 4.72 Å². The summed E-state index contributed by atoms with van der Waals surface area (Å²) in [5, 5.41) is 0.536. The predicted octanol–water partition coefficient (Wildman–Crippen LogP) is 3.82. The molecule has 3 rings (SSSR count). The van der Waals surface area contributed by atoms with Crippen molar-refractivity contribution in [1.82, 2.24) is 9.62 Å². The number of sulfonamides is 1. The molecule has 2 aromatic rings. The Labute approximate surface area is 180 Å². The maximum absolute atomic E-state index is 13.1. The Balaban J connectivity index is 1.93. The van der Waals surface area contributed by atoms with Crippen molar-refractivity contribution in [1.29, 1.82) is 0 Å². The van der Waals surface area contributed by atoms with Crippen molar-refractivity contribution in [2.75, 3.05) is 13.7 Å². The van der Waals surface area contributed by atoms with Crippen LogP contribution in [0.1, 0.15) is 46.6 Å². The van der Waals surface area contributed by atoms with Crippen molar-refractivity contribution in [2.45, 2.75) is 50.0 Å². The molecule has 0 radical (unpaired) electrons. The molecule has 1 N–H and O–H groups in total. The van der Waals surface area contributed by atoms with Gasteiger partial charge in [0, 0.05) is 35.6 Å². The number of rotatable bonds is 7. The van der Waals surface area contributed by atoms with Crippen molar-refractivity contribution < 1.29 is 17.9 Å². The smallest absolute Gasteiger partial charge is 0.340 e. The number of halogens is 1. The summed E-state index contributed by atoms with van der Waals surface area (Å²) in [5.74, 6) is -0.609. The summed E-state index contributed by atoms with van der Waals surface area (Å²) >= 11 is 7.14. The minimum Gasteiger partial charge on any atom is -0.465 e. The van der Waals surface area contributed by atoms with Gasteiger partial charge in [0.05, 0.1) is 12.7 Å². The molecular weight excluding hydrogens is 432 g/mol. The predicted molar refractivity (Wildman–Crippen MR) is 115 cm³/mol. The fraction of sp³-hybridized carbons (Fsp3) is 0.450. The minimum atomic E-state index is -3.89. The van der Waals surface area contributed by atoms with Gasteiger partial charge in [-0.1, -0.05) is 30.7 Å². The van der Waals surface area contributed by atoms with Crippen LogP contribution in [0.25, 0.3) is 0 Å². The van der Waals surface area contributed by atoms with E-state index < -0.39 is 16.0 Å². The number of fused-ring (bicyclic) bond motifs is 1. The molecule has 1 unspecified atom stereocenters. The fourth-order valence-corrected chi connectivity index (χ4v) is 6.60. The Kier molecular flexibility index (Phi) is 7.01. The molecule has 1 aliphatic rings. The molecule has 1 aliphatic heterocycles. The quantitative estimate of drug-likeness (QED) is 0.641. The zero-order chi connectivity index (χ0) is 21.2. The molecule has 1 aromatic heterocycles. The van der Waals surface area contributed by atoms with Gasteiger partial charge in [-0.15, -0.1) is 11.3 Å². The molecule has 0 bridgehead atoms. The lowest BCUT2D eigenvalue weighted by atomic mass is 10.0. The molecule has 9 heteroatoms. The van der Waals surface area contributed by atoms with Gasteiger partial charge in [-0.25, -0.2) is 17.9 Å². The van der Waals surface area contributed by atoms with E-state index in [2.05, 4.69) is 23.5 Å². The maximum atomic E-state index is 13.1. The third-order valence-corrected chi connectivity index (χ3v) is 8.63. The number of ether oxygens (including phenoxy) is 1. The molecule has 0 saturated heterocycles. The second-order valence-corrected chi connectivity index (χ2v) is 10.6. The van der Waals surface area contributed by atoms with Crippen LogP contribution in [0.2, 0.25) is 5.02 Å². The van der Waals surface area contributed by atoms with Gasteiger partial charge >= 0.3 is 5.97 Å². The van der Waals surface area contributed by atoms with Crippen LogP contribution in [-0.2, 0) is 34.3 Å². The van der Waals surface area contributed by atoms with Gasteiger partial charge in [0.2, 0.25) is 0 Å². The molecule has 0 spiro atoms. The van der Waals surface area contributed by atoms with Gasteiger partial charge in [0.1, 0.15) is 4.21 Å². The van der Waals surface area contributed by atoms with Crippen molar-refractivity contribution >= 4 is 38.9 Å². The fourth-order valence-electron chi connectivity index (χ4n) is 3.42. The van der Waals surface area contributed by atoms with E-state index in [1.807, 2.05) is 0 Å². The number of hydrogen-bond donors (Lipinski definition) is 1. The van der Waals surface area contributed by atoms with Crippen LogP contribution >= 0.6 is 22.9 Å². The van der Waals surface area contributed by atoms with E-state index >= 15 is 0 Å². The van der Waals surface area contributed by atoms with E-state index in [1.165, 1.54) is 7.11 Å². The van der Waals surface area contributed by atoms with E-state index in [-0.39, 0.29) is 16.3 Å². The molecule has 1 atom stereocenters. The highest BCUT2D eigenvalue weighted by Crippen LogP contribution is 2.37. The first-order valence-corrected chi connectivity index (χ1v) is 12.2. The average molecular weight is 457 g/mol. The van der Waals surface area contributed by atoms with Gasteiger partial charge in [-0.2, -0.15) is 0 Å². The standard InChI is InChI=1S/C20H25ClN2O4S2/c1-4-13(2)23-9-8-16-17(12-23)28-20(18(16)19(24)27-3)29(25,26)22-11-14-6-5-7-15(21)10-14/h5-7,10,13,22H,4,8-9,11-12H2,1-3H3. The number of nitrogens with zero attached hydrogens (tertiary/aromatic N) is 1. The summed E-state index contributed by atoms with van der Waals surface area (Å²) in [7, 11) is -2.61.